The van der Waals surface area contributed by atoms with E-state index < -0.39 is 0 Å². The van der Waals surface area contributed by atoms with Crippen molar-refractivity contribution in [3.05, 3.63) is 35.7 Å². The van der Waals surface area contributed by atoms with Gasteiger partial charge < -0.3 is 20.9 Å². The van der Waals surface area contributed by atoms with E-state index in [0.29, 0.717) is 12.1 Å². The van der Waals surface area contributed by atoms with Gasteiger partial charge in [-0.15, -0.1) is 0 Å². The molecule has 0 aliphatic carbocycles. The van der Waals surface area contributed by atoms with Crippen LogP contribution in [0.3, 0.4) is 0 Å². The molecule has 2 aromatic heterocycles. The van der Waals surface area contributed by atoms with Gasteiger partial charge in [0.15, 0.2) is 0 Å². The van der Waals surface area contributed by atoms with E-state index in [1.54, 1.807) is 0 Å². The molecule has 0 radical (unpaired) electrons. The summed E-state index contributed by atoms with van der Waals surface area (Å²) in [6, 6.07) is 7.22. The van der Waals surface area contributed by atoms with Crippen LogP contribution in [0, 0.1) is 0 Å². The second-order valence-electron chi connectivity index (χ2n) is 7.65. The van der Waals surface area contributed by atoms with Crippen LogP contribution in [0.5, 0.6) is 0 Å². The Morgan fingerprint density at radius 3 is 2.81 bits per heavy atom. The highest BCUT2D eigenvalue weighted by molar-refractivity contribution is 5.83. The van der Waals surface area contributed by atoms with Crippen molar-refractivity contribution in [1.29, 1.82) is 0 Å². The highest BCUT2D eigenvalue weighted by atomic mass is 15.4. The minimum Gasteiger partial charge on any atom is -0.340 e. The van der Waals surface area contributed by atoms with Gasteiger partial charge in [0.2, 0.25) is 5.95 Å². The molecule has 27 heavy (non-hydrogen) atoms. The first kappa shape index (κ1) is 15.4. The van der Waals surface area contributed by atoms with Gasteiger partial charge in [0.1, 0.15) is 5.82 Å². The zero-order valence-corrected chi connectivity index (χ0v) is 15.0. The smallest absolute Gasteiger partial charge is 0.228 e. The van der Waals surface area contributed by atoms with E-state index in [2.05, 4.69) is 43.2 Å². The molecule has 1 aromatic carbocycles. The van der Waals surface area contributed by atoms with Crippen molar-refractivity contribution >= 4 is 28.4 Å². The molecule has 2 unspecified atom stereocenters. The topological polar surface area (TPSA) is 93.8 Å². The molecule has 2 saturated heterocycles. The molecular formula is C19H22N8. The van der Waals surface area contributed by atoms with Crippen molar-refractivity contribution in [1.82, 2.24) is 30.8 Å². The van der Waals surface area contributed by atoms with Crippen LogP contribution in [0.25, 0.3) is 10.9 Å². The van der Waals surface area contributed by atoms with Crippen LogP contribution in [0.15, 0.2) is 24.4 Å². The molecule has 2 bridgehead atoms. The van der Waals surface area contributed by atoms with Crippen molar-refractivity contribution in [3.8, 4) is 0 Å². The number of aromatic nitrogens is 4. The Bertz CT molecular complexity index is 996. The van der Waals surface area contributed by atoms with Gasteiger partial charge >= 0.3 is 0 Å². The molecule has 0 spiro atoms. The second-order valence-corrected chi connectivity index (χ2v) is 7.65. The average molecular weight is 362 g/mol. The Morgan fingerprint density at radius 1 is 1.04 bits per heavy atom. The molecule has 2 atom stereocenters. The fourth-order valence-corrected chi connectivity index (χ4v) is 4.64. The number of hydrogen-bond acceptors (Lipinski definition) is 7. The summed E-state index contributed by atoms with van der Waals surface area (Å²) in [6.07, 6.45) is 4.28. The summed E-state index contributed by atoms with van der Waals surface area (Å²) in [6.45, 7) is 3.66. The molecule has 3 aliphatic heterocycles. The fourth-order valence-electron chi connectivity index (χ4n) is 4.64. The molecule has 138 valence electrons. The molecule has 0 saturated carbocycles. The first-order valence-corrected chi connectivity index (χ1v) is 9.65. The minimum absolute atomic E-state index is 0.506. The lowest BCUT2D eigenvalue weighted by atomic mass is 10.2. The third-order valence-electron chi connectivity index (χ3n) is 5.99. The van der Waals surface area contributed by atoms with E-state index in [1.165, 1.54) is 18.4 Å². The molecule has 8 heteroatoms. The monoisotopic (exact) mass is 362 g/mol. The summed E-state index contributed by atoms with van der Waals surface area (Å²) >= 11 is 0. The number of nitrogens with zero attached hydrogens (tertiary/aromatic N) is 4. The number of rotatable bonds is 3. The van der Waals surface area contributed by atoms with E-state index in [1.807, 2.05) is 12.3 Å². The summed E-state index contributed by atoms with van der Waals surface area (Å²) in [5, 5.41) is 18.7. The second kappa shape index (κ2) is 5.90. The Hall–Kier alpha value is -2.71. The summed E-state index contributed by atoms with van der Waals surface area (Å²) in [5.74, 6) is 1.79. The van der Waals surface area contributed by atoms with Crippen LogP contribution >= 0.6 is 0 Å². The molecule has 5 heterocycles. The standard InChI is InChI=1S/C19H22N8/c1-4-16-11(6-22-26-16)5-12(1)23-18-15-9-21-10-17(15)24-19(25-18)27-13-2-3-14(27)8-20-7-13/h1,4-6,13-14,20-21H,2-3,7-10H2,(H,22,26)(H,23,24,25). The zero-order chi connectivity index (χ0) is 17.8. The highest BCUT2D eigenvalue weighted by Gasteiger charge is 2.38. The lowest BCUT2D eigenvalue weighted by Gasteiger charge is -2.35. The van der Waals surface area contributed by atoms with Gasteiger partial charge in [0.25, 0.3) is 0 Å². The predicted octanol–water partition coefficient (Wildman–Crippen LogP) is 1.64. The van der Waals surface area contributed by atoms with Crippen LogP contribution in [-0.2, 0) is 13.1 Å². The quantitative estimate of drug-likeness (QED) is 0.563. The number of aromatic amines is 1. The van der Waals surface area contributed by atoms with E-state index in [4.69, 9.17) is 9.97 Å². The molecule has 8 nitrogen and oxygen atoms in total. The van der Waals surface area contributed by atoms with Crippen LogP contribution in [-0.4, -0.2) is 45.3 Å². The third-order valence-corrected chi connectivity index (χ3v) is 5.99. The number of piperazine rings is 1. The summed E-state index contributed by atoms with van der Waals surface area (Å²) in [7, 11) is 0. The van der Waals surface area contributed by atoms with Crippen LogP contribution in [0.1, 0.15) is 24.1 Å². The van der Waals surface area contributed by atoms with Gasteiger partial charge in [0, 0.05) is 54.9 Å². The average Bonchev–Trinajstić information content (AvgIpc) is 3.39. The van der Waals surface area contributed by atoms with Crippen molar-refractivity contribution in [3.63, 3.8) is 0 Å². The lowest BCUT2D eigenvalue weighted by Crippen LogP contribution is -2.52. The molecule has 3 aliphatic rings. The number of H-pyrrole nitrogens is 1. The van der Waals surface area contributed by atoms with E-state index in [-0.39, 0.29) is 0 Å². The number of nitrogens with one attached hydrogen (secondary N) is 4. The third kappa shape index (κ3) is 2.48. The van der Waals surface area contributed by atoms with Crippen molar-refractivity contribution in [2.45, 2.75) is 38.0 Å². The van der Waals surface area contributed by atoms with E-state index in [0.717, 1.165) is 60.2 Å². The van der Waals surface area contributed by atoms with Crippen LogP contribution < -0.4 is 20.9 Å². The molecule has 2 fully saturated rings. The Balaban J connectivity index is 1.40. The number of fused-ring (bicyclic) bond motifs is 4. The number of benzene rings is 1. The largest absolute Gasteiger partial charge is 0.340 e. The zero-order valence-electron chi connectivity index (χ0n) is 15.0. The van der Waals surface area contributed by atoms with Crippen LogP contribution in [0.2, 0.25) is 0 Å². The Labute approximate surface area is 156 Å². The van der Waals surface area contributed by atoms with Gasteiger partial charge in [-0.3, -0.25) is 5.10 Å². The predicted molar refractivity (Wildman–Crippen MR) is 104 cm³/mol. The summed E-state index contributed by atoms with van der Waals surface area (Å²) in [5.41, 5.74) is 4.34. The van der Waals surface area contributed by atoms with Gasteiger partial charge in [-0.25, -0.2) is 4.98 Å². The van der Waals surface area contributed by atoms with Crippen LogP contribution in [0.4, 0.5) is 17.5 Å². The number of anilines is 3. The normalized spacial score (nSPS) is 23.8. The maximum atomic E-state index is 4.98. The summed E-state index contributed by atoms with van der Waals surface area (Å²) < 4.78 is 0. The summed E-state index contributed by atoms with van der Waals surface area (Å²) in [4.78, 5) is 12.4. The van der Waals surface area contributed by atoms with Crippen molar-refractivity contribution < 1.29 is 0 Å². The minimum atomic E-state index is 0.506. The first-order chi connectivity index (χ1) is 13.3. The van der Waals surface area contributed by atoms with Gasteiger partial charge in [-0.1, -0.05) is 0 Å². The van der Waals surface area contributed by atoms with Gasteiger partial charge in [-0.2, -0.15) is 10.1 Å². The number of hydrogen-bond donors (Lipinski definition) is 4. The Kier molecular flexibility index (Phi) is 3.36. The molecule has 6 rings (SSSR count). The lowest BCUT2D eigenvalue weighted by molar-refractivity contribution is 0.476. The van der Waals surface area contributed by atoms with E-state index in [9.17, 15) is 0 Å². The maximum Gasteiger partial charge on any atom is 0.228 e. The molecule has 4 N–H and O–H groups in total. The molecule has 0 amide bonds. The molecule has 3 aromatic rings. The fraction of sp³-hybridized carbons (Fsp3) is 0.421. The van der Waals surface area contributed by atoms with Crippen molar-refractivity contribution in [2.75, 3.05) is 23.3 Å². The van der Waals surface area contributed by atoms with Gasteiger partial charge in [-0.05, 0) is 31.0 Å². The SMILES string of the molecule is c1cc2[nH]ncc2cc1Nc1nc(N2C3CCC2CNC3)nc2c1CNC2. The maximum absolute atomic E-state index is 4.98. The highest BCUT2D eigenvalue weighted by Crippen LogP contribution is 2.34. The first-order valence-electron chi connectivity index (χ1n) is 9.65. The Morgan fingerprint density at radius 2 is 1.93 bits per heavy atom. The molecular weight excluding hydrogens is 340 g/mol. The van der Waals surface area contributed by atoms with E-state index >= 15 is 0 Å². The van der Waals surface area contributed by atoms with Gasteiger partial charge in [0.05, 0.1) is 17.4 Å². The van der Waals surface area contributed by atoms with Crippen molar-refractivity contribution in [2.24, 2.45) is 0 Å².